The fourth-order valence-corrected chi connectivity index (χ4v) is 3.51. The zero-order valence-electron chi connectivity index (χ0n) is 10.5. The second-order valence-electron chi connectivity index (χ2n) is 3.68. The number of hydrogen-bond donors (Lipinski definition) is 2. The number of nitrogens with two attached hydrogens (primary N) is 1. The lowest BCUT2D eigenvalue weighted by atomic mass is 10.2. The van der Waals surface area contributed by atoms with E-state index in [1.807, 2.05) is 0 Å². The highest BCUT2D eigenvalue weighted by Gasteiger charge is 2.67. The molecule has 0 saturated heterocycles. The molecular formula is C10H16F3N2O3P. The summed E-state index contributed by atoms with van der Waals surface area (Å²) in [6, 6.07) is 2.42. The lowest BCUT2D eigenvalue weighted by molar-refractivity contribution is -0.170. The van der Waals surface area contributed by atoms with Crippen LogP contribution in [0.1, 0.15) is 19.5 Å². The maximum absolute atomic E-state index is 13.3. The maximum Gasteiger partial charge on any atom is 0.423 e. The Balaban J connectivity index is 3.43. The molecule has 0 bridgehead atoms. The van der Waals surface area contributed by atoms with Gasteiger partial charge in [-0.15, -0.1) is 0 Å². The molecule has 0 saturated carbocycles. The number of hydrogen-bond acceptors (Lipinski definition) is 4. The summed E-state index contributed by atoms with van der Waals surface area (Å²) in [5, 5.41) is -3.23. The van der Waals surface area contributed by atoms with Crippen molar-refractivity contribution in [2.24, 2.45) is 5.73 Å². The van der Waals surface area contributed by atoms with Crippen molar-refractivity contribution in [3.8, 4) is 0 Å². The molecule has 1 unspecified atom stereocenters. The van der Waals surface area contributed by atoms with Gasteiger partial charge in [0, 0.05) is 6.20 Å². The Morgan fingerprint density at radius 3 is 2.16 bits per heavy atom. The number of halogens is 3. The summed E-state index contributed by atoms with van der Waals surface area (Å²) in [7, 11) is -4.63. The topological polar surface area (TPSA) is 77.3 Å². The van der Waals surface area contributed by atoms with Crippen molar-refractivity contribution in [3.05, 3.63) is 24.0 Å². The van der Waals surface area contributed by atoms with E-state index in [1.165, 1.54) is 26.1 Å². The Bertz CT molecular complexity index is 439. The van der Waals surface area contributed by atoms with Gasteiger partial charge in [0.15, 0.2) is 0 Å². The summed E-state index contributed by atoms with van der Waals surface area (Å²) in [6.07, 6.45) is -3.75. The molecule has 1 aromatic rings. The summed E-state index contributed by atoms with van der Waals surface area (Å²) in [6.45, 7) is 2.40. The Hall–Kier alpha value is -0.820. The molecule has 3 N–H and O–H groups in total. The third-order valence-electron chi connectivity index (χ3n) is 2.47. The fourth-order valence-electron chi connectivity index (χ4n) is 1.60. The van der Waals surface area contributed by atoms with Gasteiger partial charge in [0.25, 0.3) is 5.28 Å². The Labute approximate surface area is 108 Å². The van der Waals surface area contributed by atoms with Gasteiger partial charge in [-0.3, -0.25) is 4.57 Å². The molecule has 19 heavy (non-hydrogen) atoms. The molecule has 0 aromatic carbocycles. The number of nitrogens with one attached hydrogen (secondary N) is 1. The maximum atomic E-state index is 13.3. The van der Waals surface area contributed by atoms with Gasteiger partial charge in [-0.25, -0.2) is 0 Å². The second kappa shape index (κ2) is 5.66. The first kappa shape index (κ1) is 16.2. The van der Waals surface area contributed by atoms with Gasteiger partial charge >= 0.3 is 13.8 Å². The van der Waals surface area contributed by atoms with Crippen LogP contribution in [0.3, 0.4) is 0 Å². The molecule has 1 rings (SSSR count). The third kappa shape index (κ3) is 2.72. The predicted molar refractivity (Wildman–Crippen MR) is 63.6 cm³/mol. The van der Waals surface area contributed by atoms with Gasteiger partial charge in [-0.1, -0.05) is 0 Å². The molecule has 0 aliphatic carbocycles. The van der Waals surface area contributed by atoms with Crippen molar-refractivity contribution in [3.63, 3.8) is 0 Å². The van der Waals surface area contributed by atoms with Crippen molar-refractivity contribution < 1.29 is 26.8 Å². The zero-order valence-corrected chi connectivity index (χ0v) is 11.4. The third-order valence-corrected chi connectivity index (χ3v) is 5.03. The quantitative estimate of drug-likeness (QED) is 0.792. The minimum atomic E-state index is -5.00. The molecule has 1 heterocycles. The summed E-state index contributed by atoms with van der Waals surface area (Å²) in [5.41, 5.74) is 4.95. The Kier molecular flexibility index (Phi) is 4.84. The molecule has 5 nitrogen and oxygen atoms in total. The highest BCUT2D eigenvalue weighted by atomic mass is 31.2. The van der Waals surface area contributed by atoms with E-state index in [0.29, 0.717) is 0 Å². The second-order valence-corrected chi connectivity index (χ2v) is 5.90. The molecule has 0 fully saturated rings. The predicted octanol–water partition coefficient (Wildman–Crippen LogP) is 2.95. The van der Waals surface area contributed by atoms with Crippen molar-refractivity contribution in [2.75, 3.05) is 13.2 Å². The fraction of sp³-hybridized carbons (Fsp3) is 0.600. The molecule has 1 aromatic heterocycles. The standard InChI is InChI=1S/C10H16F3N2O3P/c1-3-17-19(16,18-4-2)9(14,10(11,12)13)8-6-5-7-15-8/h5-7,15H,3-4,14H2,1-2H3. The highest BCUT2D eigenvalue weighted by molar-refractivity contribution is 7.55. The molecule has 9 heteroatoms. The molecule has 0 radical (unpaired) electrons. The SMILES string of the molecule is CCOP(=O)(OCC)C(N)(c1ccc[nH]1)C(F)(F)F. The number of rotatable bonds is 6. The average Bonchev–Trinajstić information content (AvgIpc) is 2.80. The first-order chi connectivity index (χ1) is 8.73. The van der Waals surface area contributed by atoms with Gasteiger partial charge in [0.2, 0.25) is 0 Å². The van der Waals surface area contributed by atoms with Crippen LogP contribution in [-0.4, -0.2) is 24.4 Å². The van der Waals surface area contributed by atoms with Crippen molar-refractivity contribution in [2.45, 2.75) is 25.3 Å². The molecule has 0 spiro atoms. The van der Waals surface area contributed by atoms with Crippen molar-refractivity contribution in [1.82, 2.24) is 4.98 Å². The minimum absolute atomic E-state index is 0.215. The van der Waals surface area contributed by atoms with Gasteiger partial charge < -0.3 is 19.8 Å². The van der Waals surface area contributed by atoms with E-state index in [9.17, 15) is 17.7 Å². The smallest absolute Gasteiger partial charge is 0.363 e. The van der Waals surface area contributed by atoms with Crippen LogP contribution in [-0.2, 0) is 18.9 Å². The molecular weight excluding hydrogens is 284 g/mol. The van der Waals surface area contributed by atoms with E-state index in [1.54, 1.807) is 0 Å². The average molecular weight is 300 g/mol. The zero-order chi connectivity index (χ0) is 14.7. The van der Waals surface area contributed by atoms with Crippen LogP contribution in [0.4, 0.5) is 13.2 Å². The summed E-state index contributed by atoms with van der Waals surface area (Å²) in [4.78, 5) is 2.33. The number of aromatic amines is 1. The number of H-pyrrole nitrogens is 1. The van der Waals surface area contributed by atoms with E-state index in [2.05, 4.69) is 4.98 Å². The molecule has 110 valence electrons. The highest BCUT2D eigenvalue weighted by Crippen LogP contribution is 2.67. The molecule has 0 amide bonds. The van der Waals surface area contributed by atoms with Gasteiger partial charge in [0.1, 0.15) is 0 Å². The van der Waals surface area contributed by atoms with Gasteiger partial charge in [-0.2, -0.15) is 13.2 Å². The Morgan fingerprint density at radius 1 is 1.32 bits per heavy atom. The molecule has 1 atom stereocenters. The van der Waals surface area contributed by atoms with Crippen LogP contribution >= 0.6 is 7.60 Å². The first-order valence-corrected chi connectivity index (χ1v) is 7.16. The first-order valence-electron chi connectivity index (χ1n) is 5.61. The number of alkyl halides is 3. The van der Waals surface area contributed by atoms with Crippen LogP contribution in [0, 0.1) is 0 Å². The molecule has 0 aliphatic rings. The largest absolute Gasteiger partial charge is 0.423 e. The van der Waals surface area contributed by atoms with E-state index in [4.69, 9.17) is 14.8 Å². The monoisotopic (exact) mass is 300 g/mol. The van der Waals surface area contributed by atoms with Gasteiger partial charge in [-0.05, 0) is 26.0 Å². The summed E-state index contributed by atoms with van der Waals surface area (Å²) in [5.74, 6) is 0. The van der Waals surface area contributed by atoms with Crippen molar-refractivity contribution in [1.29, 1.82) is 0 Å². The van der Waals surface area contributed by atoms with Crippen molar-refractivity contribution >= 4 is 7.60 Å². The lowest BCUT2D eigenvalue weighted by Gasteiger charge is -2.36. The Morgan fingerprint density at radius 2 is 1.84 bits per heavy atom. The number of aromatic nitrogens is 1. The summed E-state index contributed by atoms with van der Waals surface area (Å²) >= 11 is 0. The normalized spacial score (nSPS) is 16.3. The minimum Gasteiger partial charge on any atom is -0.363 e. The van der Waals surface area contributed by atoms with Crippen LogP contribution < -0.4 is 5.73 Å². The van der Waals surface area contributed by atoms with Crippen LogP contribution in [0.15, 0.2) is 18.3 Å². The van der Waals surface area contributed by atoms with Crippen LogP contribution in [0.2, 0.25) is 0 Å². The van der Waals surface area contributed by atoms with Crippen LogP contribution in [0.5, 0.6) is 0 Å². The lowest BCUT2D eigenvalue weighted by Crippen LogP contribution is -2.51. The van der Waals surface area contributed by atoms with E-state index >= 15 is 0 Å². The molecule has 0 aliphatic heterocycles. The van der Waals surface area contributed by atoms with E-state index in [-0.39, 0.29) is 13.2 Å². The summed E-state index contributed by atoms with van der Waals surface area (Å²) < 4.78 is 62.0. The van der Waals surface area contributed by atoms with E-state index < -0.39 is 24.7 Å². The van der Waals surface area contributed by atoms with Gasteiger partial charge in [0.05, 0.1) is 18.9 Å². The van der Waals surface area contributed by atoms with Crippen LogP contribution in [0.25, 0.3) is 0 Å². The van der Waals surface area contributed by atoms with E-state index in [0.717, 1.165) is 6.07 Å².